The second-order valence-corrected chi connectivity index (χ2v) is 7.56. The fraction of sp³-hybridized carbons (Fsp3) is 1.00. The Labute approximate surface area is 125 Å². The number of likely N-dealkylation sites (tertiary alicyclic amines) is 1. The van der Waals surface area contributed by atoms with Gasteiger partial charge < -0.3 is 15.3 Å². The third-order valence-electron chi connectivity index (χ3n) is 5.28. The minimum absolute atomic E-state index is 0.0327. The molecule has 0 aromatic heterocycles. The first-order valence-electron chi connectivity index (χ1n) is 8.67. The smallest absolute Gasteiger partial charge is 0.0613 e. The molecule has 1 aliphatic heterocycles. The lowest BCUT2D eigenvalue weighted by atomic mass is 9.78. The Morgan fingerprint density at radius 1 is 1.20 bits per heavy atom. The highest BCUT2D eigenvalue weighted by Crippen LogP contribution is 2.33. The number of aliphatic hydroxyl groups is 1. The molecule has 0 amide bonds. The molecule has 20 heavy (non-hydrogen) atoms. The van der Waals surface area contributed by atoms with Crippen LogP contribution in [0.3, 0.4) is 0 Å². The van der Waals surface area contributed by atoms with Crippen LogP contribution in [0, 0.1) is 5.92 Å². The van der Waals surface area contributed by atoms with E-state index in [0.717, 1.165) is 18.8 Å². The van der Waals surface area contributed by atoms with Crippen LogP contribution in [0.15, 0.2) is 0 Å². The van der Waals surface area contributed by atoms with E-state index in [4.69, 9.17) is 0 Å². The Morgan fingerprint density at radius 3 is 2.70 bits per heavy atom. The number of hydrogen-bond acceptors (Lipinski definition) is 3. The molecule has 3 heteroatoms. The van der Waals surface area contributed by atoms with Gasteiger partial charge in [-0.1, -0.05) is 20.8 Å². The molecule has 2 fully saturated rings. The number of rotatable bonds is 4. The van der Waals surface area contributed by atoms with E-state index in [2.05, 4.69) is 31.0 Å². The van der Waals surface area contributed by atoms with Gasteiger partial charge in [-0.2, -0.15) is 0 Å². The van der Waals surface area contributed by atoms with E-state index in [1.165, 1.54) is 45.2 Å². The second kappa shape index (κ2) is 7.24. The van der Waals surface area contributed by atoms with Crippen LogP contribution >= 0.6 is 0 Å². The van der Waals surface area contributed by atoms with Crippen LogP contribution in [0.25, 0.3) is 0 Å². The molecule has 0 radical (unpaired) electrons. The van der Waals surface area contributed by atoms with E-state index in [0.29, 0.717) is 12.1 Å². The van der Waals surface area contributed by atoms with E-state index in [-0.39, 0.29) is 12.1 Å². The first-order valence-corrected chi connectivity index (χ1v) is 8.67. The molecular weight excluding hydrogens is 248 g/mol. The molecule has 2 rings (SSSR count). The average Bonchev–Trinajstić information content (AvgIpc) is 2.63. The summed E-state index contributed by atoms with van der Waals surface area (Å²) in [5.74, 6) is 0.889. The lowest BCUT2D eigenvalue weighted by molar-refractivity contribution is 0.0551. The highest BCUT2D eigenvalue weighted by molar-refractivity contribution is 4.97. The molecule has 1 saturated heterocycles. The SMILES string of the molecule is CC1CCCN(C2CCCC(CO)(NC(C)C)C2)CC1. The first kappa shape index (κ1) is 16.3. The summed E-state index contributed by atoms with van der Waals surface area (Å²) < 4.78 is 0. The monoisotopic (exact) mass is 282 g/mol. The quantitative estimate of drug-likeness (QED) is 0.832. The maximum atomic E-state index is 9.92. The third kappa shape index (κ3) is 4.19. The fourth-order valence-electron chi connectivity index (χ4n) is 4.23. The van der Waals surface area contributed by atoms with Crippen molar-refractivity contribution in [3.8, 4) is 0 Å². The zero-order chi connectivity index (χ0) is 14.6. The van der Waals surface area contributed by atoms with Crippen LogP contribution in [-0.4, -0.2) is 47.3 Å². The molecule has 0 spiro atoms. The molecular formula is C17H34N2O. The van der Waals surface area contributed by atoms with E-state index in [1.807, 2.05) is 0 Å². The van der Waals surface area contributed by atoms with Crippen LogP contribution in [0.4, 0.5) is 0 Å². The number of hydrogen-bond donors (Lipinski definition) is 2. The van der Waals surface area contributed by atoms with Gasteiger partial charge in [-0.05, 0) is 64.0 Å². The van der Waals surface area contributed by atoms with Crippen molar-refractivity contribution in [2.75, 3.05) is 19.7 Å². The van der Waals surface area contributed by atoms with Gasteiger partial charge in [0.05, 0.1) is 6.61 Å². The van der Waals surface area contributed by atoms with Crippen molar-refractivity contribution in [1.82, 2.24) is 10.2 Å². The molecule has 3 unspecified atom stereocenters. The van der Waals surface area contributed by atoms with Crippen molar-refractivity contribution < 1.29 is 5.11 Å². The average molecular weight is 282 g/mol. The van der Waals surface area contributed by atoms with Gasteiger partial charge in [0, 0.05) is 17.6 Å². The lowest BCUT2D eigenvalue weighted by Gasteiger charge is -2.45. The molecule has 0 bridgehead atoms. The zero-order valence-corrected chi connectivity index (χ0v) is 13.7. The molecule has 0 aromatic rings. The fourth-order valence-corrected chi connectivity index (χ4v) is 4.23. The Morgan fingerprint density at radius 2 is 2.00 bits per heavy atom. The van der Waals surface area contributed by atoms with Crippen molar-refractivity contribution in [3.05, 3.63) is 0 Å². The van der Waals surface area contributed by atoms with Gasteiger partial charge in [0.1, 0.15) is 0 Å². The van der Waals surface area contributed by atoms with Gasteiger partial charge in [-0.25, -0.2) is 0 Å². The summed E-state index contributed by atoms with van der Waals surface area (Å²) in [6.45, 7) is 9.57. The molecule has 1 heterocycles. The van der Waals surface area contributed by atoms with E-state index >= 15 is 0 Å². The van der Waals surface area contributed by atoms with Crippen molar-refractivity contribution >= 4 is 0 Å². The van der Waals surface area contributed by atoms with Gasteiger partial charge in [0.15, 0.2) is 0 Å². The predicted molar refractivity (Wildman–Crippen MR) is 84.9 cm³/mol. The summed E-state index contributed by atoms with van der Waals surface area (Å²) in [6.07, 6.45) is 8.89. The molecule has 2 N–H and O–H groups in total. The Kier molecular flexibility index (Phi) is 5.88. The lowest BCUT2D eigenvalue weighted by Crippen LogP contribution is -2.57. The molecule has 1 saturated carbocycles. The van der Waals surface area contributed by atoms with Gasteiger partial charge in [0.25, 0.3) is 0 Å². The normalized spacial score (nSPS) is 37.0. The molecule has 3 atom stereocenters. The van der Waals surface area contributed by atoms with E-state index in [1.54, 1.807) is 0 Å². The highest BCUT2D eigenvalue weighted by atomic mass is 16.3. The largest absolute Gasteiger partial charge is 0.394 e. The van der Waals surface area contributed by atoms with Crippen molar-refractivity contribution in [2.24, 2.45) is 5.92 Å². The van der Waals surface area contributed by atoms with E-state index in [9.17, 15) is 5.11 Å². The topological polar surface area (TPSA) is 35.5 Å². The van der Waals surface area contributed by atoms with Crippen LogP contribution in [0.2, 0.25) is 0 Å². The number of aliphatic hydroxyl groups excluding tert-OH is 1. The summed E-state index contributed by atoms with van der Waals surface area (Å²) in [6, 6.07) is 1.12. The Balaban J connectivity index is 1.98. The summed E-state index contributed by atoms with van der Waals surface area (Å²) in [4.78, 5) is 2.72. The Hall–Kier alpha value is -0.120. The van der Waals surface area contributed by atoms with Crippen molar-refractivity contribution in [2.45, 2.75) is 83.3 Å². The van der Waals surface area contributed by atoms with Gasteiger partial charge >= 0.3 is 0 Å². The highest BCUT2D eigenvalue weighted by Gasteiger charge is 2.38. The summed E-state index contributed by atoms with van der Waals surface area (Å²) >= 11 is 0. The summed E-state index contributed by atoms with van der Waals surface area (Å²) in [7, 11) is 0. The molecule has 3 nitrogen and oxygen atoms in total. The second-order valence-electron chi connectivity index (χ2n) is 7.56. The van der Waals surface area contributed by atoms with Gasteiger partial charge in [-0.3, -0.25) is 0 Å². The van der Waals surface area contributed by atoms with Crippen LogP contribution in [-0.2, 0) is 0 Å². The van der Waals surface area contributed by atoms with Crippen LogP contribution < -0.4 is 5.32 Å². The standard InChI is InChI=1S/C17H34N2O/c1-14(2)18-17(13-20)9-4-7-16(12-17)19-10-5-6-15(3)8-11-19/h14-16,18,20H,4-13H2,1-3H3. The first-order chi connectivity index (χ1) is 9.54. The van der Waals surface area contributed by atoms with Crippen molar-refractivity contribution in [3.63, 3.8) is 0 Å². The van der Waals surface area contributed by atoms with Crippen molar-refractivity contribution in [1.29, 1.82) is 0 Å². The minimum atomic E-state index is -0.0327. The maximum Gasteiger partial charge on any atom is 0.0613 e. The zero-order valence-electron chi connectivity index (χ0n) is 13.7. The van der Waals surface area contributed by atoms with Gasteiger partial charge in [0.2, 0.25) is 0 Å². The molecule has 1 aliphatic carbocycles. The molecule has 0 aromatic carbocycles. The predicted octanol–water partition coefficient (Wildman–Crippen LogP) is 2.78. The summed E-state index contributed by atoms with van der Waals surface area (Å²) in [5, 5.41) is 13.6. The van der Waals surface area contributed by atoms with E-state index < -0.39 is 0 Å². The van der Waals surface area contributed by atoms with Crippen LogP contribution in [0.1, 0.15) is 65.7 Å². The maximum absolute atomic E-state index is 9.92. The molecule has 2 aliphatic rings. The van der Waals surface area contributed by atoms with Gasteiger partial charge in [-0.15, -0.1) is 0 Å². The number of nitrogens with one attached hydrogen (secondary N) is 1. The Bertz CT molecular complexity index is 295. The minimum Gasteiger partial charge on any atom is -0.394 e. The van der Waals surface area contributed by atoms with Crippen LogP contribution in [0.5, 0.6) is 0 Å². The third-order valence-corrected chi connectivity index (χ3v) is 5.28. The molecule has 118 valence electrons. The summed E-state index contributed by atoms with van der Waals surface area (Å²) in [5.41, 5.74) is -0.0327. The number of nitrogens with zero attached hydrogens (tertiary/aromatic N) is 1.